The molecule has 2 rings (SSSR count). The Morgan fingerprint density at radius 3 is 2.24 bits per heavy atom. The second-order valence-electron chi connectivity index (χ2n) is 4.37. The van der Waals surface area contributed by atoms with Gasteiger partial charge in [0.25, 0.3) is 0 Å². The van der Waals surface area contributed by atoms with E-state index in [0.717, 1.165) is 5.56 Å². The minimum absolute atomic E-state index is 0.0411. The maximum Gasteiger partial charge on any atom is 0.314 e. The lowest BCUT2D eigenvalue weighted by Crippen LogP contribution is -2.29. The lowest BCUT2D eigenvalue weighted by molar-refractivity contribution is -0.133. The van der Waals surface area contributed by atoms with Crippen molar-refractivity contribution in [2.45, 2.75) is 6.92 Å². The molecule has 0 fully saturated rings. The lowest BCUT2D eigenvalue weighted by atomic mass is 10.2. The fourth-order valence-electron chi connectivity index (χ4n) is 1.64. The van der Waals surface area contributed by atoms with Crippen LogP contribution in [0.4, 0.5) is 15.8 Å². The number of carbonyl (C=O) groups excluding carboxylic acids is 2. The van der Waals surface area contributed by atoms with E-state index in [9.17, 15) is 14.0 Å². The summed E-state index contributed by atoms with van der Waals surface area (Å²) in [6.07, 6.45) is 0. The van der Waals surface area contributed by atoms with Crippen LogP contribution in [0.3, 0.4) is 0 Å². The van der Waals surface area contributed by atoms with Crippen molar-refractivity contribution in [1.82, 2.24) is 0 Å². The third kappa shape index (κ3) is 3.88. The van der Waals surface area contributed by atoms with Crippen LogP contribution in [-0.2, 0) is 9.59 Å². The maximum atomic E-state index is 13.4. The summed E-state index contributed by atoms with van der Waals surface area (Å²) < 4.78 is 14.1. The molecular weight excluding hydrogens is 339 g/mol. The first-order chi connectivity index (χ1) is 9.97. The zero-order valence-electron chi connectivity index (χ0n) is 11.1. The molecule has 2 amide bonds. The SMILES string of the molecule is Cc1ccc(NC(=O)C(=O)Nc2ccccc2F)c(Br)c1. The molecule has 0 saturated heterocycles. The third-order valence-corrected chi connectivity index (χ3v) is 3.36. The molecular formula is C15H12BrFN2O2. The molecule has 0 aromatic heterocycles. The quantitative estimate of drug-likeness (QED) is 0.814. The summed E-state index contributed by atoms with van der Waals surface area (Å²) in [7, 11) is 0. The summed E-state index contributed by atoms with van der Waals surface area (Å²) in [6.45, 7) is 1.90. The first kappa shape index (κ1) is 15.2. The Morgan fingerprint density at radius 2 is 1.62 bits per heavy atom. The van der Waals surface area contributed by atoms with Gasteiger partial charge in [0.2, 0.25) is 0 Å². The molecule has 0 heterocycles. The fraction of sp³-hybridized carbons (Fsp3) is 0.0667. The van der Waals surface area contributed by atoms with Crippen molar-refractivity contribution in [3.05, 3.63) is 58.3 Å². The molecule has 0 unspecified atom stereocenters. The highest BCUT2D eigenvalue weighted by Gasteiger charge is 2.16. The number of nitrogens with one attached hydrogen (secondary N) is 2. The number of amides is 2. The Morgan fingerprint density at radius 1 is 1.00 bits per heavy atom. The first-order valence-corrected chi connectivity index (χ1v) is 6.89. The molecule has 108 valence electrons. The number of halogens is 2. The molecule has 2 aromatic rings. The van der Waals surface area contributed by atoms with Crippen LogP contribution in [0, 0.1) is 12.7 Å². The number of anilines is 2. The predicted molar refractivity (Wildman–Crippen MR) is 82.5 cm³/mol. The van der Waals surface area contributed by atoms with Gasteiger partial charge in [0, 0.05) is 4.47 Å². The van der Waals surface area contributed by atoms with E-state index in [1.165, 1.54) is 18.2 Å². The van der Waals surface area contributed by atoms with Gasteiger partial charge in [0.15, 0.2) is 0 Å². The normalized spacial score (nSPS) is 10.0. The zero-order valence-corrected chi connectivity index (χ0v) is 12.7. The van der Waals surface area contributed by atoms with Crippen LogP contribution < -0.4 is 10.6 Å². The highest BCUT2D eigenvalue weighted by molar-refractivity contribution is 9.10. The molecule has 6 heteroatoms. The Labute approximate surface area is 129 Å². The Kier molecular flexibility index (Phi) is 4.70. The van der Waals surface area contributed by atoms with Crippen LogP contribution in [0.1, 0.15) is 5.56 Å². The molecule has 0 atom stereocenters. The van der Waals surface area contributed by atoms with Gasteiger partial charge in [-0.05, 0) is 52.7 Å². The van der Waals surface area contributed by atoms with Crippen LogP contribution in [-0.4, -0.2) is 11.8 Å². The zero-order chi connectivity index (χ0) is 15.4. The molecule has 21 heavy (non-hydrogen) atoms. The first-order valence-electron chi connectivity index (χ1n) is 6.10. The van der Waals surface area contributed by atoms with Crippen LogP contribution >= 0.6 is 15.9 Å². The number of hydrogen-bond acceptors (Lipinski definition) is 2. The predicted octanol–water partition coefficient (Wildman–Crippen LogP) is 3.47. The van der Waals surface area contributed by atoms with Crippen molar-refractivity contribution in [2.24, 2.45) is 0 Å². The van der Waals surface area contributed by atoms with E-state index in [4.69, 9.17) is 0 Å². The molecule has 2 N–H and O–H groups in total. The third-order valence-electron chi connectivity index (χ3n) is 2.70. The van der Waals surface area contributed by atoms with E-state index in [1.54, 1.807) is 18.2 Å². The van der Waals surface area contributed by atoms with E-state index in [0.29, 0.717) is 10.2 Å². The van der Waals surface area contributed by atoms with Gasteiger partial charge in [-0.1, -0.05) is 18.2 Å². The molecule has 0 aliphatic rings. The van der Waals surface area contributed by atoms with Crippen LogP contribution in [0.25, 0.3) is 0 Å². The summed E-state index contributed by atoms with van der Waals surface area (Å²) in [6, 6.07) is 10.9. The summed E-state index contributed by atoms with van der Waals surface area (Å²) in [5.41, 5.74) is 1.44. The van der Waals surface area contributed by atoms with Gasteiger partial charge in [-0.2, -0.15) is 0 Å². The van der Waals surface area contributed by atoms with E-state index in [-0.39, 0.29) is 5.69 Å². The van der Waals surface area contributed by atoms with Crippen LogP contribution in [0.2, 0.25) is 0 Å². The van der Waals surface area contributed by atoms with Gasteiger partial charge in [0.1, 0.15) is 5.82 Å². The van der Waals surface area contributed by atoms with Crippen molar-refractivity contribution < 1.29 is 14.0 Å². The van der Waals surface area contributed by atoms with E-state index < -0.39 is 17.6 Å². The van der Waals surface area contributed by atoms with E-state index >= 15 is 0 Å². The Hall–Kier alpha value is -2.21. The summed E-state index contributed by atoms with van der Waals surface area (Å²) in [5, 5.41) is 4.68. The standard InChI is InChI=1S/C15H12BrFN2O2/c1-9-6-7-12(10(16)8-9)18-14(20)15(21)19-13-5-3-2-4-11(13)17/h2-8H,1H3,(H,18,20)(H,19,21). The summed E-state index contributed by atoms with van der Waals surface area (Å²) in [4.78, 5) is 23.5. The smallest absolute Gasteiger partial charge is 0.314 e. The van der Waals surface area contributed by atoms with Crippen molar-refractivity contribution in [2.75, 3.05) is 10.6 Å². The number of rotatable bonds is 2. The van der Waals surface area contributed by atoms with Gasteiger partial charge in [0.05, 0.1) is 11.4 Å². The van der Waals surface area contributed by atoms with Crippen LogP contribution in [0.5, 0.6) is 0 Å². The van der Waals surface area contributed by atoms with Crippen molar-refractivity contribution in [3.8, 4) is 0 Å². The summed E-state index contributed by atoms with van der Waals surface area (Å²) in [5.74, 6) is -2.41. The van der Waals surface area contributed by atoms with E-state index in [2.05, 4.69) is 26.6 Å². The monoisotopic (exact) mass is 350 g/mol. The Bertz CT molecular complexity index is 704. The molecule has 0 spiro atoms. The minimum Gasteiger partial charge on any atom is -0.317 e. The van der Waals surface area contributed by atoms with Crippen molar-refractivity contribution in [1.29, 1.82) is 0 Å². The average Bonchev–Trinajstić information content (AvgIpc) is 2.44. The second kappa shape index (κ2) is 6.49. The highest BCUT2D eigenvalue weighted by atomic mass is 79.9. The van der Waals surface area contributed by atoms with Gasteiger partial charge in [-0.3, -0.25) is 9.59 Å². The molecule has 0 radical (unpaired) electrons. The average molecular weight is 351 g/mol. The van der Waals surface area contributed by atoms with E-state index in [1.807, 2.05) is 13.0 Å². The van der Waals surface area contributed by atoms with Gasteiger partial charge in [-0.25, -0.2) is 4.39 Å². The maximum absolute atomic E-state index is 13.4. The number of aryl methyl sites for hydroxylation is 1. The lowest BCUT2D eigenvalue weighted by Gasteiger charge is -2.09. The van der Waals surface area contributed by atoms with Crippen molar-refractivity contribution >= 4 is 39.1 Å². The fourth-order valence-corrected chi connectivity index (χ4v) is 2.23. The van der Waals surface area contributed by atoms with Crippen LogP contribution in [0.15, 0.2) is 46.9 Å². The molecule has 0 saturated carbocycles. The molecule has 0 aliphatic carbocycles. The molecule has 2 aromatic carbocycles. The highest BCUT2D eigenvalue weighted by Crippen LogP contribution is 2.23. The van der Waals surface area contributed by atoms with Gasteiger partial charge >= 0.3 is 11.8 Å². The number of benzene rings is 2. The Balaban J connectivity index is 2.06. The number of carbonyl (C=O) groups is 2. The molecule has 0 bridgehead atoms. The molecule has 4 nitrogen and oxygen atoms in total. The second-order valence-corrected chi connectivity index (χ2v) is 5.23. The minimum atomic E-state index is -0.937. The van der Waals surface area contributed by atoms with Gasteiger partial charge < -0.3 is 10.6 Å². The summed E-state index contributed by atoms with van der Waals surface area (Å²) >= 11 is 3.30. The topological polar surface area (TPSA) is 58.2 Å². The largest absolute Gasteiger partial charge is 0.317 e. The molecule has 0 aliphatic heterocycles. The van der Waals surface area contributed by atoms with Crippen molar-refractivity contribution in [3.63, 3.8) is 0 Å². The number of hydrogen-bond donors (Lipinski definition) is 2. The number of para-hydroxylation sites is 1. The van der Waals surface area contributed by atoms with Gasteiger partial charge in [-0.15, -0.1) is 0 Å².